The second kappa shape index (κ2) is 10.5. The van der Waals surface area contributed by atoms with Crippen LogP contribution in [0.3, 0.4) is 0 Å². The highest BCUT2D eigenvalue weighted by atomic mass is 16.7. The van der Waals surface area contributed by atoms with E-state index in [0.29, 0.717) is 19.4 Å². The highest BCUT2D eigenvalue weighted by molar-refractivity contribution is 5.74. The van der Waals surface area contributed by atoms with E-state index in [0.717, 1.165) is 12.1 Å². The van der Waals surface area contributed by atoms with Gasteiger partial charge in [0.2, 0.25) is 5.91 Å². The molecule has 0 saturated heterocycles. The van der Waals surface area contributed by atoms with Crippen molar-refractivity contribution in [3.05, 3.63) is 30.3 Å². The Morgan fingerprint density at radius 2 is 1.86 bits per heavy atom. The lowest BCUT2D eigenvalue weighted by molar-refractivity contribution is -0.129. The smallest absolute Gasteiger partial charge is 0.297 e. The Balaban J connectivity index is 1.95. The van der Waals surface area contributed by atoms with E-state index in [1.807, 2.05) is 30.3 Å². The highest BCUT2D eigenvalue weighted by Crippen LogP contribution is 2.02. The first-order chi connectivity index (χ1) is 10.2. The number of urea groups is 1. The van der Waals surface area contributed by atoms with Gasteiger partial charge in [0.15, 0.2) is 0 Å². The molecule has 0 unspecified atom stereocenters. The molecule has 0 bridgehead atoms. The molecule has 0 spiro atoms. The number of nitrogens with one attached hydrogen (secondary N) is 4. The molecule has 8 heteroatoms. The number of para-hydroxylation sites is 1. The van der Waals surface area contributed by atoms with Crippen LogP contribution in [0.2, 0.25) is 0 Å². The number of rotatable bonds is 9. The number of hydroxylamine groups is 2. The maximum absolute atomic E-state index is 11.3. The predicted octanol–water partition coefficient (Wildman–Crippen LogP) is 1.31. The highest BCUT2D eigenvalue weighted by Gasteiger charge is 2.00. The molecule has 116 valence electrons. The van der Waals surface area contributed by atoms with Crippen LogP contribution in [-0.4, -0.2) is 23.8 Å². The van der Waals surface area contributed by atoms with Crippen molar-refractivity contribution in [2.75, 3.05) is 12.0 Å². The number of hydrazine groups is 1. The van der Waals surface area contributed by atoms with Crippen molar-refractivity contribution in [1.82, 2.24) is 16.4 Å². The van der Waals surface area contributed by atoms with Gasteiger partial charge in [0.25, 0.3) is 0 Å². The van der Waals surface area contributed by atoms with Gasteiger partial charge in [-0.05, 0) is 25.0 Å². The van der Waals surface area contributed by atoms with Gasteiger partial charge in [-0.2, -0.15) is 0 Å². The van der Waals surface area contributed by atoms with Gasteiger partial charge in [-0.25, -0.2) is 21.2 Å². The summed E-state index contributed by atoms with van der Waals surface area (Å²) in [5.41, 5.74) is 9.69. The standard InChI is InChI=1S/C13H20N4O4/c18-12(16-20)9-5-2-6-10-21-17-13(19)15-14-11-7-3-1-4-8-11/h1,3-4,7-8,14,20H,2,5-6,9-10H2,(H,16,18)(H2,15,17,19). The molecular weight excluding hydrogens is 276 g/mol. The van der Waals surface area contributed by atoms with Gasteiger partial charge in [-0.3, -0.25) is 20.3 Å². The van der Waals surface area contributed by atoms with Crippen LogP contribution in [-0.2, 0) is 9.63 Å². The van der Waals surface area contributed by atoms with Gasteiger partial charge in [-0.1, -0.05) is 24.6 Å². The van der Waals surface area contributed by atoms with Crippen LogP contribution in [0.1, 0.15) is 25.7 Å². The van der Waals surface area contributed by atoms with Crippen LogP contribution in [0.5, 0.6) is 0 Å². The van der Waals surface area contributed by atoms with Gasteiger partial charge in [-0.15, -0.1) is 0 Å². The number of carbonyl (C=O) groups excluding carboxylic acids is 2. The van der Waals surface area contributed by atoms with Crippen LogP contribution in [0, 0.1) is 0 Å². The van der Waals surface area contributed by atoms with E-state index in [1.54, 1.807) is 5.48 Å². The molecule has 0 fully saturated rings. The summed E-state index contributed by atoms with van der Waals surface area (Å²) in [6.45, 7) is 0.347. The third-order valence-corrected chi connectivity index (χ3v) is 2.53. The zero-order chi connectivity index (χ0) is 15.3. The van der Waals surface area contributed by atoms with E-state index in [4.69, 9.17) is 10.0 Å². The summed E-state index contributed by atoms with van der Waals surface area (Å²) in [5.74, 6) is -0.402. The normalized spacial score (nSPS) is 9.76. The number of amides is 3. The van der Waals surface area contributed by atoms with Gasteiger partial charge >= 0.3 is 6.03 Å². The first-order valence-electron chi connectivity index (χ1n) is 6.64. The Labute approximate surface area is 122 Å². The van der Waals surface area contributed by atoms with Crippen LogP contribution in [0.15, 0.2) is 30.3 Å². The molecule has 3 amide bonds. The second-order valence-electron chi connectivity index (χ2n) is 4.24. The van der Waals surface area contributed by atoms with Crippen molar-refractivity contribution in [3.8, 4) is 0 Å². The van der Waals surface area contributed by atoms with E-state index in [1.165, 1.54) is 0 Å². The molecule has 5 N–H and O–H groups in total. The van der Waals surface area contributed by atoms with E-state index >= 15 is 0 Å². The summed E-state index contributed by atoms with van der Waals surface area (Å²) >= 11 is 0. The summed E-state index contributed by atoms with van der Waals surface area (Å²) in [4.78, 5) is 27.0. The Hall–Kier alpha value is -2.32. The van der Waals surface area contributed by atoms with E-state index in [9.17, 15) is 9.59 Å². The SMILES string of the molecule is O=C(CCCCCONC(=O)NNc1ccccc1)NO. The minimum absolute atomic E-state index is 0.269. The van der Waals surface area contributed by atoms with Crippen LogP contribution < -0.4 is 21.8 Å². The molecule has 21 heavy (non-hydrogen) atoms. The summed E-state index contributed by atoms with van der Waals surface area (Å²) in [6.07, 6.45) is 2.38. The molecule has 0 saturated carbocycles. The summed E-state index contributed by atoms with van der Waals surface area (Å²) in [5, 5.41) is 8.28. The minimum atomic E-state index is -0.501. The monoisotopic (exact) mass is 296 g/mol. The molecule has 0 aliphatic heterocycles. The van der Waals surface area contributed by atoms with Crippen molar-refractivity contribution < 1.29 is 19.6 Å². The number of benzene rings is 1. The third kappa shape index (κ3) is 8.45. The fourth-order valence-corrected chi connectivity index (χ4v) is 1.48. The maximum atomic E-state index is 11.3. The van der Waals surface area contributed by atoms with Gasteiger partial charge in [0.05, 0.1) is 12.3 Å². The lowest BCUT2D eigenvalue weighted by Gasteiger charge is -2.09. The Morgan fingerprint density at radius 1 is 1.10 bits per heavy atom. The molecule has 0 heterocycles. The minimum Gasteiger partial charge on any atom is -0.297 e. The Bertz CT molecular complexity index is 427. The van der Waals surface area contributed by atoms with E-state index in [-0.39, 0.29) is 6.42 Å². The zero-order valence-corrected chi connectivity index (χ0v) is 11.6. The average Bonchev–Trinajstić information content (AvgIpc) is 2.52. The molecule has 0 atom stereocenters. The lowest BCUT2D eigenvalue weighted by Crippen LogP contribution is -2.39. The van der Waals surface area contributed by atoms with E-state index in [2.05, 4.69) is 16.3 Å². The third-order valence-electron chi connectivity index (χ3n) is 2.53. The maximum Gasteiger partial charge on any atom is 0.357 e. The van der Waals surface area contributed by atoms with Gasteiger partial charge in [0, 0.05) is 6.42 Å². The molecule has 1 aromatic rings. The number of carbonyl (C=O) groups is 2. The lowest BCUT2D eigenvalue weighted by atomic mass is 10.2. The zero-order valence-electron chi connectivity index (χ0n) is 11.6. The molecule has 0 aliphatic rings. The van der Waals surface area contributed by atoms with Crippen molar-refractivity contribution >= 4 is 17.6 Å². The van der Waals surface area contributed by atoms with E-state index < -0.39 is 11.9 Å². The quantitative estimate of drug-likeness (QED) is 0.268. The topological polar surface area (TPSA) is 112 Å². The van der Waals surface area contributed by atoms with Crippen LogP contribution in [0.4, 0.5) is 10.5 Å². The largest absolute Gasteiger partial charge is 0.357 e. The molecule has 1 rings (SSSR count). The average molecular weight is 296 g/mol. The number of hydrogen-bond donors (Lipinski definition) is 5. The van der Waals surface area contributed by atoms with Crippen molar-refractivity contribution in [2.24, 2.45) is 0 Å². The molecule has 0 radical (unpaired) electrons. The van der Waals surface area contributed by atoms with Crippen LogP contribution in [0.25, 0.3) is 0 Å². The first kappa shape index (κ1) is 16.7. The second-order valence-corrected chi connectivity index (χ2v) is 4.24. The number of hydrogen-bond acceptors (Lipinski definition) is 5. The van der Waals surface area contributed by atoms with Crippen molar-refractivity contribution in [1.29, 1.82) is 0 Å². The first-order valence-corrected chi connectivity index (χ1v) is 6.64. The molecule has 8 nitrogen and oxygen atoms in total. The molecule has 1 aromatic carbocycles. The van der Waals surface area contributed by atoms with Gasteiger partial charge in [0.1, 0.15) is 0 Å². The van der Waals surface area contributed by atoms with Crippen molar-refractivity contribution in [2.45, 2.75) is 25.7 Å². The van der Waals surface area contributed by atoms with Crippen molar-refractivity contribution in [3.63, 3.8) is 0 Å². The van der Waals surface area contributed by atoms with Gasteiger partial charge < -0.3 is 0 Å². The fraction of sp³-hybridized carbons (Fsp3) is 0.385. The summed E-state index contributed by atoms with van der Waals surface area (Å²) in [6, 6.07) is 8.68. The summed E-state index contributed by atoms with van der Waals surface area (Å²) in [7, 11) is 0. The fourth-order valence-electron chi connectivity index (χ4n) is 1.48. The van der Waals surface area contributed by atoms with Crippen LogP contribution >= 0.6 is 0 Å². The Kier molecular flexibility index (Phi) is 8.34. The summed E-state index contributed by atoms with van der Waals surface area (Å²) < 4.78 is 0. The molecule has 0 aliphatic carbocycles. The number of unbranched alkanes of at least 4 members (excludes halogenated alkanes) is 2. The predicted molar refractivity (Wildman–Crippen MR) is 76.1 cm³/mol. The Morgan fingerprint density at radius 3 is 2.57 bits per heavy atom. The molecular formula is C13H20N4O4. The molecule has 0 aromatic heterocycles. The number of anilines is 1.